The van der Waals surface area contributed by atoms with Crippen molar-refractivity contribution in [1.29, 1.82) is 0 Å². The number of nitrogens with zero attached hydrogens (tertiary/aromatic N) is 1. The number of sulfonamides is 1. The molecule has 0 bridgehead atoms. The Balaban J connectivity index is 2.43. The summed E-state index contributed by atoms with van der Waals surface area (Å²) >= 11 is 0. The van der Waals surface area contributed by atoms with Crippen molar-refractivity contribution >= 4 is 15.7 Å². The van der Waals surface area contributed by atoms with Crippen molar-refractivity contribution in [3.63, 3.8) is 0 Å². The van der Waals surface area contributed by atoms with Crippen LogP contribution in [0.15, 0.2) is 23.1 Å². The number of aliphatic hydroxyl groups excluding tert-OH is 1. The molecule has 1 atom stereocenters. The molecule has 6 nitrogen and oxygen atoms in total. The maximum absolute atomic E-state index is 12.4. The number of hydrogen-bond acceptors (Lipinski definition) is 5. The Bertz CT molecular complexity index is 544. The second kappa shape index (κ2) is 4.75. The van der Waals surface area contributed by atoms with Crippen LogP contribution >= 0.6 is 0 Å². The third kappa shape index (κ3) is 2.29. The molecule has 3 N–H and O–H groups in total. The largest absolute Gasteiger partial charge is 0.495 e. The lowest BCUT2D eigenvalue weighted by Gasteiger charge is -2.18. The highest BCUT2D eigenvalue weighted by molar-refractivity contribution is 7.89. The zero-order valence-electron chi connectivity index (χ0n) is 10.0. The highest BCUT2D eigenvalue weighted by Crippen LogP contribution is 2.30. The van der Waals surface area contributed by atoms with E-state index < -0.39 is 16.1 Å². The summed E-state index contributed by atoms with van der Waals surface area (Å²) < 4.78 is 31.1. The summed E-state index contributed by atoms with van der Waals surface area (Å²) in [6, 6.07) is 4.48. The molecule has 1 aliphatic heterocycles. The molecule has 0 aromatic heterocycles. The number of ether oxygens (including phenoxy) is 1. The van der Waals surface area contributed by atoms with Gasteiger partial charge in [-0.3, -0.25) is 0 Å². The van der Waals surface area contributed by atoms with Gasteiger partial charge in [0.1, 0.15) is 10.6 Å². The highest BCUT2D eigenvalue weighted by Gasteiger charge is 2.33. The minimum atomic E-state index is -3.67. The average molecular weight is 272 g/mol. The van der Waals surface area contributed by atoms with Crippen molar-refractivity contribution in [2.45, 2.75) is 17.4 Å². The first-order chi connectivity index (χ1) is 8.45. The summed E-state index contributed by atoms with van der Waals surface area (Å²) in [4.78, 5) is 0.0408. The van der Waals surface area contributed by atoms with Crippen molar-refractivity contribution in [2.24, 2.45) is 0 Å². The van der Waals surface area contributed by atoms with E-state index in [1.807, 2.05) is 0 Å². The molecule has 0 radical (unpaired) electrons. The predicted octanol–water partition coefficient (Wildman–Crippen LogP) is 0.0327. The second-order valence-electron chi connectivity index (χ2n) is 4.22. The molecule has 100 valence electrons. The number of methoxy groups -OCH3 is 1. The smallest absolute Gasteiger partial charge is 0.246 e. The standard InChI is InChI=1S/C11H16N2O4S/c1-17-10-3-2-8(12)6-11(10)18(15,16)13-5-4-9(14)7-13/h2-3,6,9,14H,4-5,7,12H2,1H3. The topological polar surface area (TPSA) is 92.9 Å². The van der Waals surface area contributed by atoms with Gasteiger partial charge >= 0.3 is 0 Å². The monoisotopic (exact) mass is 272 g/mol. The van der Waals surface area contributed by atoms with E-state index in [4.69, 9.17) is 10.5 Å². The maximum Gasteiger partial charge on any atom is 0.246 e. The van der Waals surface area contributed by atoms with E-state index in [0.29, 0.717) is 18.7 Å². The summed E-state index contributed by atoms with van der Waals surface area (Å²) in [5, 5.41) is 9.43. The number of aliphatic hydroxyl groups is 1. The van der Waals surface area contributed by atoms with Crippen molar-refractivity contribution in [3.8, 4) is 5.75 Å². The predicted molar refractivity (Wildman–Crippen MR) is 66.8 cm³/mol. The van der Waals surface area contributed by atoms with Crippen molar-refractivity contribution < 1.29 is 18.3 Å². The third-order valence-corrected chi connectivity index (χ3v) is 4.82. The van der Waals surface area contributed by atoms with Gasteiger partial charge in [-0.25, -0.2) is 8.42 Å². The highest BCUT2D eigenvalue weighted by atomic mass is 32.2. The molecule has 1 aromatic rings. The van der Waals surface area contributed by atoms with Crippen LogP contribution in [0.5, 0.6) is 5.75 Å². The zero-order chi connectivity index (χ0) is 13.3. The molecule has 0 amide bonds. The number of β-amino-alcohol motifs (C(OH)–C–C–N with tert-alkyl or cyclic N) is 1. The first kappa shape index (κ1) is 13.1. The van der Waals surface area contributed by atoms with Gasteiger partial charge in [-0.05, 0) is 24.6 Å². The molecule has 1 saturated heterocycles. The molecule has 18 heavy (non-hydrogen) atoms. The summed E-state index contributed by atoms with van der Waals surface area (Å²) in [6.07, 6.45) is -0.157. The molecule has 2 rings (SSSR count). The molecule has 1 aliphatic rings. The van der Waals surface area contributed by atoms with Crippen LogP contribution in [-0.2, 0) is 10.0 Å². The number of benzene rings is 1. The van der Waals surface area contributed by atoms with Gasteiger partial charge in [0, 0.05) is 18.8 Å². The summed E-state index contributed by atoms with van der Waals surface area (Å²) in [6.45, 7) is 0.418. The van der Waals surface area contributed by atoms with Crippen molar-refractivity contribution in [2.75, 3.05) is 25.9 Å². The quantitative estimate of drug-likeness (QED) is 0.757. The zero-order valence-corrected chi connectivity index (χ0v) is 10.9. The van der Waals surface area contributed by atoms with Gasteiger partial charge in [0.05, 0.1) is 13.2 Å². The Morgan fingerprint density at radius 3 is 2.78 bits per heavy atom. The number of anilines is 1. The van der Waals surface area contributed by atoms with Crippen molar-refractivity contribution in [3.05, 3.63) is 18.2 Å². The Morgan fingerprint density at radius 2 is 2.22 bits per heavy atom. The minimum absolute atomic E-state index is 0.0408. The third-order valence-electron chi connectivity index (χ3n) is 2.93. The van der Waals surface area contributed by atoms with E-state index >= 15 is 0 Å². The van der Waals surface area contributed by atoms with E-state index in [9.17, 15) is 13.5 Å². The fourth-order valence-electron chi connectivity index (χ4n) is 1.96. The molecule has 0 spiro atoms. The molecular formula is C11H16N2O4S. The van der Waals surface area contributed by atoms with Crippen LogP contribution in [0.1, 0.15) is 6.42 Å². The number of nitrogens with two attached hydrogens (primary N) is 1. The lowest BCUT2D eigenvalue weighted by molar-refractivity contribution is 0.189. The minimum Gasteiger partial charge on any atom is -0.495 e. The first-order valence-corrected chi connectivity index (χ1v) is 7.01. The summed E-state index contributed by atoms with van der Waals surface area (Å²) in [5.41, 5.74) is 5.97. The molecule has 1 unspecified atom stereocenters. The number of hydrogen-bond donors (Lipinski definition) is 2. The molecule has 1 fully saturated rings. The molecule has 0 aliphatic carbocycles. The van der Waals surface area contributed by atoms with Crippen LogP contribution < -0.4 is 10.5 Å². The van der Waals surface area contributed by atoms with Crippen LogP contribution in [0.2, 0.25) is 0 Å². The SMILES string of the molecule is COc1ccc(N)cc1S(=O)(=O)N1CCC(O)C1. The average Bonchev–Trinajstić information content (AvgIpc) is 2.76. The molecule has 1 aromatic carbocycles. The molecule has 1 heterocycles. The fourth-order valence-corrected chi connectivity index (χ4v) is 3.65. The second-order valence-corrected chi connectivity index (χ2v) is 6.12. The maximum atomic E-state index is 12.4. The van der Waals surface area contributed by atoms with Gasteiger partial charge in [-0.1, -0.05) is 0 Å². The van der Waals surface area contributed by atoms with E-state index in [0.717, 1.165) is 0 Å². The van der Waals surface area contributed by atoms with Gasteiger partial charge in [-0.15, -0.1) is 0 Å². The number of nitrogen functional groups attached to an aromatic ring is 1. The van der Waals surface area contributed by atoms with Crippen LogP contribution in [0, 0.1) is 0 Å². The lowest BCUT2D eigenvalue weighted by Crippen LogP contribution is -2.30. The normalized spacial score (nSPS) is 21.1. The van der Waals surface area contributed by atoms with E-state index in [-0.39, 0.29) is 17.2 Å². The Hall–Kier alpha value is -1.31. The van der Waals surface area contributed by atoms with E-state index in [1.54, 1.807) is 6.07 Å². The Labute approximate surface area is 106 Å². The first-order valence-electron chi connectivity index (χ1n) is 5.57. The van der Waals surface area contributed by atoms with Crippen LogP contribution in [0.4, 0.5) is 5.69 Å². The Morgan fingerprint density at radius 1 is 1.50 bits per heavy atom. The lowest BCUT2D eigenvalue weighted by atomic mass is 10.3. The van der Waals surface area contributed by atoms with Crippen LogP contribution in [0.3, 0.4) is 0 Å². The van der Waals surface area contributed by atoms with E-state index in [1.165, 1.54) is 23.5 Å². The molecular weight excluding hydrogens is 256 g/mol. The summed E-state index contributed by atoms with van der Waals surface area (Å²) in [5.74, 6) is 0.255. The van der Waals surface area contributed by atoms with Gasteiger partial charge in [0.15, 0.2) is 0 Å². The van der Waals surface area contributed by atoms with Crippen LogP contribution in [-0.4, -0.2) is 44.1 Å². The van der Waals surface area contributed by atoms with Gasteiger partial charge in [0.25, 0.3) is 0 Å². The summed E-state index contributed by atoms with van der Waals surface area (Å²) in [7, 11) is -2.26. The molecule has 7 heteroatoms. The van der Waals surface area contributed by atoms with Gasteiger partial charge in [-0.2, -0.15) is 4.31 Å². The van der Waals surface area contributed by atoms with Gasteiger partial charge in [0.2, 0.25) is 10.0 Å². The van der Waals surface area contributed by atoms with Crippen LogP contribution in [0.25, 0.3) is 0 Å². The Kier molecular flexibility index (Phi) is 3.47. The fraction of sp³-hybridized carbons (Fsp3) is 0.455. The van der Waals surface area contributed by atoms with E-state index in [2.05, 4.69) is 0 Å². The van der Waals surface area contributed by atoms with Gasteiger partial charge < -0.3 is 15.6 Å². The molecule has 0 saturated carbocycles. The number of rotatable bonds is 3. The van der Waals surface area contributed by atoms with Crippen molar-refractivity contribution in [1.82, 2.24) is 4.31 Å².